The van der Waals surface area contributed by atoms with Crippen molar-refractivity contribution in [3.8, 4) is 11.5 Å². The van der Waals surface area contributed by atoms with Gasteiger partial charge < -0.3 is 19.9 Å². The maximum Gasteiger partial charge on any atom is 0.327 e. The summed E-state index contributed by atoms with van der Waals surface area (Å²) in [5, 5.41) is 0. The molecule has 1 unspecified atom stereocenters. The number of carbonyl (C=O) groups excluding carboxylic acids is 1. The van der Waals surface area contributed by atoms with E-state index in [-0.39, 0.29) is 6.79 Å². The summed E-state index contributed by atoms with van der Waals surface area (Å²) < 4.78 is 15.0. The minimum atomic E-state index is -0.841. The first-order chi connectivity index (χ1) is 7.24. The zero-order valence-electron chi connectivity index (χ0n) is 8.23. The Labute approximate surface area is 86.7 Å². The van der Waals surface area contributed by atoms with Crippen molar-refractivity contribution in [2.75, 3.05) is 13.9 Å². The average molecular weight is 209 g/mol. The van der Waals surface area contributed by atoms with Crippen LogP contribution in [-0.4, -0.2) is 19.9 Å². The molecule has 1 aromatic carbocycles. The summed E-state index contributed by atoms with van der Waals surface area (Å²) in [5.41, 5.74) is 6.29. The van der Waals surface area contributed by atoms with Gasteiger partial charge in [0.25, 0.3) is 0 Å². The highest BCUT2D eigenvalue weighted by Crippen LogP contribution is 2.37. The van der Waals surface area contributed by atoms with Crippen LogP contribution in [0.15, 0.2) is 18.2 Å². The summed E-state index contributed by atoms with van der Waals surface area (Å²) in [5.74, 6) is 0.626. The minimum absolute atomic E-state index is 0.153. The van der Waals surface area contributed by atoms with Gasteiger partial charge in [0, 0.05) is 5.56 Å². The van der Waals surface area contributed by atoms with E-state index < -0.39 is 12.0 Å². The Morgan fingerprint density at radius 1 is 1.53 bits per heavy atom. The average Bonchev–Trinajstić information content (AvgIpc) is 2.74. The Morgan fingerprint density at radius 3 is 3.07 bits per heavy atom. The van der Waals surface area contributed by atoms with Crippen LogP contribution in [0.3, 0.4) is 0 Å². The van der Waals surface area contributed by atoms with E-state index in [1.807, 2.05) is 0 Å². The van der Waals surface area contributed by atoms with Gasteiger partial charge >= 0.3 is 5.97 Å². The lowest BCUT2D eigenvalue weighted by atomic mass is 10.1. The lowest BCUT2D eigenvalue weighted by Crippen LogP contribution is -2.22. The maximum atomic E-state index is 11.3. The number of nitrogens with two attached hydrogens (primary N) is 1. The number of para-hydroxylation sites is 1. The highest BCUT2D eigenvalue weighted by Gasteiger charge is 2.25. The molecule has 5 heteroatoms. The summed E-state index contributed by atoms with van der Waals surface area (Å²) in [6, 6.07) is 4.39. The van der Waals surface area contributed by atoms with E-state index in [0.717, 1.165) is 0 Å². The Morgan fingerprint density at radius 2 is 2.33 bits per heavy atom. The van der Waals surface area contributed by atoms with E-state index in [1.54, 1.807) is 18.2 Å². The Bertz CT molecular complexity index is 391. The molecule has 0 saturated carbocycles. The largest absolute Gasteiger partial charge is 0.468 e. The first kappa shape index (κ1) is 9.79. The van der Waals surface area contributed by atoms with Crippen molar-refractivity contribution in [3.63, 3.8) is 0 Å². The summed E-state index contributed by atoms with van der Waals surface area (Å²) >= 11 is 0. The van der Waals surface area contributed by atoms with E-state index in [2.05, 4.69) is 4.74 Å². The third-order valence-corrected chi connectivity index (χ3v) is 2.22. The molecule has 0 aromatic heterocycles. The molecule has 2 rings (SSSR count). The third kappa shape index (κ3) is 1.61. The van der Waals surface area contributed by atoms with Crippen molar-refractivity contribution >= 4 is 5.97 Å². The fraction of sp³-hybridized carbons (Fsp3) is 0.300. The minimum Gasteiger partial charge on any atom is -0.468 e. The number of ether oxygens (including phenoxy) is 3. The van der Waals surface area contributed by atoms with Crippen molar-refractivity contribution in [3.05, 3.63) is 23.8 Å². The van der Waals surface area contributed by atoms with Crippen molar-refractivity contribution < 1.29 is 19.0 Å². The molecule has 0 saturated heterocycles. The summed E-state index contributed by atoms with van der Waals surface area (Å²) in [4.78, 5) is 11.3. The molecule has 1 atom stereocenters. The number of hydrogen-bond acceptors (Lipinski definition) is 5. The van der Waals surface area contributed by atoms with Gasteiger partial charge in [-0.3, -0.25) is 4.79 Å². The smallest absolute Gasteiger partial charge is 0.327 e. The number of benzene rings is 1. The number of hydrogen-bond donors (Lipinski definition) is 1. The van der Waals surface area contributed by atoms with E-state index in [0.29, 0.717) is 17.1 Å². The Hall–Kier alpha value is -1.75. The lowest BCUT2D eigenvalue weighted by molar-refractivity contribution is -0.142. The predicted octanol–water partition coefficient (Wildman–Crippen LogP) is 0.588. The van der Waals surface area contributed by atoms with Crippen molar-refractivity contribution in [1.29, 1.82) is 0 Å². The third-order valence-electron chi connectivity index (χ3n) is 2.22. The molecular weight excluding hydrogens is 198 g/mol. The first-order valence-electron chi connectivity index (χ1n) is 4.46. The predicted molar refractivity (Wildman–Crippen MR) is 51.5 cm³/mol. The number of rotatable bonds is 2. The van der Waals surface area contributed by atoms with Crippen LogP contribution in [-0.2, 0) is 9.53 Å². The fourth-order valence-electron chi connectivity index (χ4n) is 1.45. The second-order valence-corrected chi connectivity index (χ2v) is 3.08. The molecule has 0 spiro atoms. The molecule has 1 aliphatic heterocycles. The molecule has 0 aliphatic carbocycles. The summed E-state index contributed by atoms with van der Waals surface area (Å²) in [6.07, 6.45) is 0. The molecule has 15 heavy (non-hydrogen) atoms. The molecule has 80 valence electrons. The molecule has 0 fully saturated rings. The second kappa shape index (κ2) is 3.78. The number of fused-ring (bicyclic) bond motifs is 1. The molecule has 1 aromatic rings. The van der Waals surface area contributed by atoms with Gasteiger partial charge in [-0.05, 0) is 6.07 Å². The molecule has 0 bridgehead atoms. The molecule has 2 N–H and O–H groups in total. The SMILES string of the molecule is COC(=O)C(N)c1cccc2c1OCO2. The van der Waals surface area contributed by atoms with Gasteiger partial charge in [-0.25, -0.2) is 0 Å². The van der Waals surface area contributed by atoms with E-state index in [9.17, 15) is 4.79 Å². The highest BCUT2D eigenvalue weighted by atomic mass is 16.7. The van der Waals surface area contributed by atoms with Gasteiger partial charge in [0.15, 0.2) is 11.5 Å². The van der Waals surface area contributed by atoms with Crippen LogP contribution in [0, 0.1) is 0 Å². The molecule has 1 heterocycles. The molecule has 0 amide bonds. The monoisotopic (exact) mass is 209 g/mol. The molecule has 1 aliphatic rings. The summed E-state index contributed by atoms with van der Waals surface area (Å²) in [6.45, 7) is 0.153. The lowest BCUT2D eigenvalue weighted by Gasteiger charge is -2.11. The zero-order chi connectivity index (χ0) is 10.8. The van der Waals surface area contributed by atoms with E-state index in [4.69, 9.17) is 15.2 Å². The van der Waals surface area contributed by atoms with Crippen LogP contribution in [0.25, 0.3) is 0 Å². The topological polar surface area (TPSA) is 70.8 Å². The van der Waals surface area contributed by atoms with Gasteiger partial charge in [0.1, 0.15) is 6.04 Å². The zero-order valence-corrected chi connectivity index (χ0v) is 8.23. The normalized spacial score (nSPS) is 14.8. The van der Waals surface area contributed by atoms with E-state index in [1.165, 1.54) is 7.11 Å². The fourth-order valence-corrected chi connectivity index (χ4v) is 1.45. The number of carbonyl (C=O) groups is 1. The Kier molecular flexibility index (Phi) is 2.47. The van der Waals surface area contributed by atoms with Crippen LogP contribution in [0.2, 0.25) is 0 Å². The van der Waals surface area contributed by atoms with Crippen LogP contribution < -0.4 is 15.2 Å². The Balaban J connectivity index is 2.36. The van der Waals surface area contributed by atoms with Crippen molar-refractivity contribution in [2.45, 2.75) is 6.04 Å². The van der Waals surface area contributed by atoms with Crippen molar-refractivity contribution in [2.24, 2.45) is 5.73 Å². The van der Waals surface area contributed by atoms with Crippen LogP contribution in [0.5, 0.6) is 11.5 Å². The molecular formula is C10H11NO4. The number of methoxy groups -OCH3 is 1. The summed E-state index contributed by atoms with van der Waals surface area (Å²) in [7, 11) is 1.29. The standard InChI is InChI=1S/C10H11NO4/c1-13-10(12)8(11)6-3-2-4-7-9(6)15-5-14-7/h2-4,8H,5,11H2,1H3. The van der Waals surface area contributed by atoms with E-state index >= 15 is 0 Å². The first-order valence-corrected chi connectivity index (χ1v) is 4.46. The molecule has 0 radical (unpaired) electrons. The molecule has 5 nitrogen and oxygen atoms in total. The van der Waals surface area contributed by atoms with Gasteiger partial charge in [0.2, 0.25) is 6.79 Å². The highest BCUT2D eigenvalue weighted by molar-refractivity contribution is 5.79. The van der Waals surface area contributed by atoms with Crippen LogP contribution >= 0.6 is 0 Å². The van der Waals surface area contributed by atoms with Gasteiger partial charge in [-0.1, -0.05) is 12.1 Å². The van der Waals surface area contributed by atoms with Gasteiger partial charge in [-0.2, -0.15) is 0 Å². The van der Waals surface area contributed by atoms with Gasteiger partial charge in [0.05, 0.1) is 7.11 Å². The quantitative estimate of drug-likeness (QED) is 0.722. The van der Waals surface area contributed by atoms with Gasteiger partial charge in [-0.15, -0.1) is 0 Å². The van der Waals surface area contributed by atoms with Crippen molar-refractivity contribution in [1.82, 2.24) is 0 Å². The van der Waals surface area contributed by atoms with Crippen LogP contribution in [0.4, 0.5) is 0 Å². The maximum absolute atomic E-state index is 11.3. The van der Waals surface area contributed by atoms with Crippen LogP contribution in [0.1, 0.15) is 11.6 Å². The second-order valence-electron chi connectivity index (χ2n) is 3.08. The number of esters is 1.